The SMILES string of the molecule is C=CCO[C@H]1[C@H](O)[C@@H](CO)O[C@H](O)[C@@H]1NC(C)=O. The van der Waals surface area contributed by atoms with Gasteiger partial charge in [-0.15, -0.1) is 6.58 Å². The average Bonchev–Trinajstić information content (AvgIpc) is 2.32. The number of amides is 1. The number of aliphatic hydroxyl groups is 3. The van der Waals surface area contributed by atoms with E-state index in [1.54, 1.807) is 0 Å². The molecule has 7 nitrogen and oxygen atoms in total. The van der Waals surface area contributed by atoms with Crippen molar-refractivity contribution in [3.63, 3.8) is 0 Å². The summed E-state index contributed by atoms with van der Waals surface area (Å²) in [6, 6.07) is -0.903. The zero-order valence-corrected chi connectivity index (χ0v) is 10.2. The summed E-state index contributed by atoms with van der Waals surface area (Å²) in [4.78, 5) is 11.1. The van der Waals surface area contributed by atoms with Crippen molar-refractivity contribution in [1.82, 2.24) is 5.32 Å². The number of carbonyl (C=O) groups is 1. The molecule has 1 aliphatic rings. The molecular weight excluding hydrogens is 242 g/mol. The van der Waals surface area contributed by atoms with Crippen LogP contribution in [0, 0.1) is 0 Å². The number of ether oxygens (including phenoxy) is 2. The summed E-state index contributed by atoms with van der Waals surface area (Å²) in [6.07, 6.45) is -2.88. The molecule has 1 fully saturated rings. The molecule has 7 heteroatoms. The van der Waals surface area contributed by atoms with Gasteiger partial charge in [-0.05, 0) is 0 Å². The first-order valence-corrected chi connectivity index (χ1v) is 5.63. The maximum Gasteiger partial charge on any atom is 0.217 e. The molecule has 1 heterocycles. The molecule has 0 aliphatic carbocycles. The first kappa shape index (κ1) is 15.1. The summed E-state index contributed by atoms with van der Waals surface area (Å²) in [5.41, 5.74) is 0. The lowest BCUT2D eigenvalue weighted by Crippen LogP contribution is -2.64. The van der Waals surface area contributed by atoms with Crippen molar-refractivity contribution in [3.05, 3.63) is 12.7 Å². The van der Waals surface area contributed by atoms with E-state index in [-0.39, 0.29) is 12.5 Å². The highest BCUT2D eigenvalue weighted by Gasteiger charge is 2.45. The van der Waals surface area contributed by atoms with Gasteiger partial charge >= 0.3 is 0 Å². The van der Waals surface area contributed by atoms with Crippen LogP contribution in [0.3, 0.4) is 0 Å². The van der Waals surface area contributed by atoms with Gasteiger partial charge in [-0.3, -0.25) is 4.79 Å². The highest BCUT2D eigenvalue weighted by Crippen LogP contribution is 2.22. The number of hydrogen-bond acceptors (Lipinski definition) is 6. The summed E-state index contributed by atoms with van der Waals surface area (Å²) in [5.74, 6) is -0.385. The standard InChI is InChI=1S/C11H19NO6/c1-3-4-17-10-8(12-6(2)14)11(16)18-7(5-13)9(10)15/h3,7-11,13,15-16H,1,4-5H2,2H3,(H,12,14)/t7-,8-,9-,10-,11+/m1/s1. The lowest BCUT2D eigenvalue weighted by atomic mass is 9.96. The minimum absolute atomic E-state index is 0.142. The van der Waals surface area contributed by atoms with Crippen molar-refractivity contribution in [2.24, 2.45) is 0 Å². The second-order valence-electron chi connectivity index (χ2n) is 4.05. The summed E-state index contributed by atoms with van der Waals surface area (Å²) in [7, 11) is 0. The fourth-order valence-corrected chi connectivity index (χ4v) is 1.85. The van der Waals surface area contributed by atoms with Gasteiger partial charge in [0, 0.05) is 6.92 Å². The van der Waals surface area contributed by atoms with Crippen molar-refractivity contribution >= 4 is 5.91 Å². The van der Waals surface area contributed by atoms with Crippen LogP contribution in [0.2, 0.25) is 0 Å². The summed E-state index contributed by atoms with van der Waals surface area (Å²) in [5, 5.41) is 31.2. The van der Waals surface area contributed by atoms with Crippen molar-refractivity contribution in [3.8, 4) is 0 Å². The lowest BCUT2D eigenvalue weighted by Gasteiger charge is -2.42. The van der Waals surface area contributed by atoms with Gasteiger partial charge in [0.1, 0.15) is 24.4 Å². The van der Waals surface area contributed by atoms with Crippen LogP contribution in [0.5, 0.6) is 0 Å². The highest BCUT2D eigenvalue weighted by molar-refractivity contribution is 5.73. The topological polar surface area (TPSA) is 108 Å². The fourth-order valence-electron chi connectivity index (χ4n) is 1.85. The molecule has 0 aromatic carbocycles. The first-order valence-electron chi connectivity index (χ1n) is 5.63. The Labute approximate surface area is 105 Å². The number of rotatable bonds is 5. The molecule has 5 atom stereocenters. The molecular formula is C11H19NO6. The minimum atomic E-state index is -1.36. The molecule has 104 valence electrons. The first-order chi connectivity index (χ1) is 8.51. The van der Waals surface area contributed by atoms with E-state index < -0.39 is 37.3 Å². The van der Waals surface area contributed by atoms with Crippen LogP contribution in [0.1, 0.15) is 6.92 Å². The summed E-state index contributed by atoms with van der Waals surface area (Å²) in [6.45, 7) is 4.44. The van der Waals surface area contributed by atoms with E-state index in [0.29, 0.717) is 0 Å². The van der Waals surface area contributed by atoms with Crippen LogP contribution < -0.4 is 5.32 Å². The van der Waals surface area contributed by atoms with E-state index in [0.717, 1.165) is 0 Å². The van der Waals surface area contributed by atoms with Crippen LogP contribution in [0.15, 0.2) is 12.7 Å². The van der Waals surface area contributed by atoms with E-state index in [9.17, 15) is 15.0 Å². The van der Waals surface area contributed by atoms with Gasteiger partial charge in [-0.1, -0.05) is 6.08 Å². The lowest BCUT2D eigenvalue weighted by molar-refractivity contribution is -0.260. The molecule has 0 spiro atoms. The van der Waals surface area contributed by atoms with Gasteiger partial charge in [0.05, 0.1) is 13.2 Å². The molecule has 1 amide bonds. The molecule has 4 N–H and O–H groups in total. The minimum Gasteiger partial charge on any atom is -0.394 e. The number of nitrogens with one attached hydrogen (secondary N) is 1. The maximum atomic E-state index is 11.1. The number of carbonyl (C=O) groups excluding carboxylic acids is 1. The highest BCUT2D eigenvalue weighted by atomic mass is 16.6. The molecule has 0 bridgehead atoms. The third-order valence-corrected chi connectivity index (χ3v) is 2.65. The quantitative estimate of drug-likeness (QED) is 0.432. The zero-order chi connectivity index (χ0) is 13.7. The second kappa shape index (κ2) is 6.81. The molecule has 18 heavy (non-hydrogen) atoms. The van der Waals surface area contributed by atoms with Gasteiger partial charge in [0.25, 0.3) is 0 Å². The normalized spacial score (nSPS) is 36.1. The van der Waals surface area contributed by atoms with E-state index in [1.807, 2.05) is 0 Å². The van der Waals surface area contributed by atoms with Crippen LogP contribution in [0.25, 0.3) is 0 Å². The van der Waals surface area contributed by atoms with Crippen molar-refractivity contribution in [2.75, 3.05) is 13.2 Å². The van der Waals surface area contributed by atoms with Crippen LogP contribution in [0.4, 0.5) is 0 Å². The van der Waals surface area contributed by atoms with E-state index in [1.165, 1.54) is 13.0 Å². The molecule has 0 saturated carbocycles. The molecule has 1 saturated heterocycles. The summed E-state index contributed by atoms with van der Waals surface area (Å²) < 4.78 is 10.3. The predicted octanol–water partition coefficient (Wildman–Crippen LogP) is -1.87. The second-order valence-corrected chi connectivity index (χ2v) is 4.05. The van der Waals surface area contributed by atoms with Gasteiger partial charge < -0.3 is 30.1 Å². The Morgan fingerprint density at radius 1 is 1.56 bits per heavy atom. The van der Waals surface area contributed by atoms with Gasteiger partial charge in [-0.25, -0.2) is 0 Å². The molecule has 0 radical (unpaired) electrons. The Kier molecular flexibility index (Phi) is 5.70. The molecule has 0 aromatic rings. The molecule has 0 unspecified atom stereocenters. The smallest absolute Gasteiger partial charge is 0.217 e. The van der Waals surface area contributed by atoms with E-state index in [4.69, 9.17) is 14.6 Å². The van der Waals surface area contributed by atoms with Crippen molar-refractivity contribution < 1.29 is 29.6 Å². The Balaban J connectivity index is 2.82. The summed E-state index contributed by atoms with van der Waals surface area (Å²) >= 11 is 0. The predicted molar refractivity (Wildman–Crippen MR) is 61.5 cm³/mol. The van der Waals surface area contributed by atoms with Crippen LogP contribution in [-0.4, -0.2) is 65.1 Å². The van der Waals surface area contributed by atoms with Crippen molar-refractivity contribution in [2.45, 2.75) is 37.6 Å². The molecule has 0 aromatic heterocycles. The Morgan fingerprint density at radius 3 is 2.72 bits per heavy atom. The average molecular weight is 261 g/mol. The van der Waals surface area contributed by atoms with E-state index in [2.05, 4.69) is 11.9 Å². The van der Waals surface area contributed by atoms with Gasteiger partial charge in [0.2, 0.25) is 5.91 Å². The van der Waals surface area contributed by atoms with Gasteiger partial charge in [-0.2, -0.15) is 0 Å². The largest absolute Gasteiger partial charge is 0.394 e. The zero-order valence-electron chi connectivity index (χ0n) is 10.2. The third kappa shape index (κ3) is 3.50. The molecule has 1 rings (SSSR count). The molecule has 1 aliphatic heterocycles. The van der Waals surface area contributed by atoms with E-state index >= 15 is 0 Å². The third-order valence-electron chi connectivity index (χ3n) is 2.65. The van der Waals surface area contributed by atoms with Crippen LogP contribution >= 0.6 is 0 Å². The fraction of sp³-hybridized carbons (Fsp3) is 0.727. The Bertz CT molecular complexity index is 297. The van der Waals surface area contributed by atoms with Crippen LogP contribution in [-0.2, 0) is 14.3 Å². The number of aliphatic hydroxyl groups excluding tert-OH is 3. The maximum absolute atomic E-state index is 11.1. The monoisotopic (exact) mass is 261 g/mol. The number of hydrogen-bond donors (Lipinski definition) is 4. The Hall–Kier alpha value is -0.990. The van der Waals surface area contributed by atoms with Gasteiger partial charge in [0.15, 0.2) is 6.29 Å². The van der Waals surface area contributed by atoms with Crippen molar-refractivity contribution in [1.29, 1.82) is 0 Å². The Morgan fingerprint density at radius 2 is 2.22 bits per heavy atom.